The minimum absolute atomic E-state index is 0.0538. The number of pyridine rings is 1. The number of hydrogen-bond acceptors (Lipinski definition) is 6. The molecule has 2 aromatic heterocycles. The van der Waals surface area contributed by atoms with Crippen molar-refractivity contribution in [2.45, 2.75) is 44.9 Å². The van der Waals surface area contributed by atoms with Crippen molar-refractivity contribution in [3.8, 4) is 5.88 Å². The molecule has 2 aliphatic rings. The molecule has 0 spiro atoms. The van der Waals surface area contributed by atoms with Gasteiger partial charge in [-0.3, -0.25) is 14.5 Å². The Morgan fingerprint density at radius 1 is 1.22 bits per heavy atom. The van der Waals surface area contributed by atoms with Crippen molar-refractivity contribution in [3.05, 3.63) is 51.4 Å². The minimum atomic E-state index is -0.246. The summed E-state index contributed by atoms with van der Waals surface area (Å²) in [5.74, 6) is 0.00266. The van der Waals surface area contributed by atoms with Crippen LogP contribution >= 0.6 is 22.6 Å². The first-order valence-electron chi connectivity index (χ1n) is 10.8. The van der Waals surface area contributed by atoms with E-state index in [-0.39, 0.29) is 24.1 Å². The molecule has 4 heterocycles. The van der Waals surface area contributed by atoms with Gasteiger partial charge in [0, 0.05) is 31.0 Å². The number of amides is 2. The molecule has 1 saturated heterocycles. The van der Waals surface area contributed by atoms with Gasteiger partial charge >= 0.3 is 0 Å². The monoisotopic (exact) mass is 546 g/mol. The van der Waals surface area contributed by atoms with Crippen molar-refractivity contribution < 1.29 is 19.1 Å². The Kier molecular flexibility index (Phi) is 5.85. The van der Waals surface area contributed by atoms with Gasteiger partial charge in [-0.1, -0.05) is 12.1 Å². The maximum absolute atomic E-state index is 12.5. The third-order valence-corrected chi connectivity index (χ3v) is 6.71. The summed E-state index contributed by atoms with van der Waals surface area (Å²) in [5, 5.41) is 5.63. The van der Waals surface area contributed by atoms with Crippen molar-refractivity contribution in [3.63, 3.8) is 0 Å². The van der Waals surface area contributed by atoms with Crippen LogP contribution in [0.3, 0.4) is 0 Å². The lowest BCUT2D eigenvalue weighted by Crippen LogP contribution is -2.33. The molecule has 1 fully saturated rings. The predicted octanol–water partition coefficient (Wildman–Crippen LogP) is 4.19. The summed E-state index contributed by atoms with van der Waals surface area (Å²) in [4.78, 5) is 30.8. The minimum Gasteiger partial charge on any atom is -0.475 e. The molecule has 5 rings (SSSR count). The Morgan fingerprint density at radius 3 is 2.66 bits per heavy atom. The lowest BCUT2D eigenvalue weighted by Gasteiger charge is -2.23. The number of nitrogens with zero attached hydrogens (tertiary/aromatic N) is 4. The normalized spacial score (nSPS) is 19.4. The number of benzene rings is 1. The lowest BCUT2D eigenvalue weighted by molar-refractivity contribution is -0.0369. The Morgan fingerprint density at radius 2 is 1.97 bits per heavy atom. The van der Waals surface area contributed by atoms with Crippen LogP contribution in [-0.2, 0) is 4.74 Å². The van der Waals surface area contributed by atoms with Gasteiger partial charge in [0.1, 0.15) is 3.70 Å². The number of rotatable bonds is 6. The average molecular weight is 546 g/mol. The smallest absolute Gasteiger partial charge is 0.261 e. The zero-order valence-electron chi connectivity index (χ0n) is 17.7. The van der Waals surface area contributed by atoms with Crippen molar-refractivity contribution in [1.29, 1.82) is 0 Å². The van der Waals surface area contributed by atoms with E-state index in [4.69, 9.17) is 9.47 Å². The first kappa shape index (κ1) is 21.3. The zero-order valence-corrected chi connectivity index (χ0v) is 19.8. The number of aromatic nitrogens is 3. The van der Waals surface area contributed by atoms with E-state index in [9.17, 15) is 9.59 Å². The van der Waals surface area contributed by atoms with Crippen LogP contribution in [0.4, 0.5) is 0 Å². The highest BCUT2D eigenvalue weighted by Gasteiger charge is 2.35. The Bertz CT molecular complexity index is 1150. The molecular formula is C23H23IN4O4. The highest BCUT2D eigenvalue weighted by molar-refractivity contribution is 14.1. The largest absolute Gasteiger partial charge is 0.475 e. The van der Waals surface area contributed by atoms with Gasteiger partial charge in [0.05, 0.1) is 28.9 Å². The maximum atomic E-state index is 12.5. The van der Waals surface area contributed by atoms with Crippen LogP contribution in [0, 0.1) is 3.70 Å². The summed E-state index contributed by atoms with van der Waals surface area (Å²) < 4.78 is 14.7. The van der Waals surface area contributed by atoms with Gasteiger partial charge in [-0.15, -0.1) is 0 Å². The van der Waals surface area contributed by atoms with Crippen molar-refractivity contribution in [2.24, 2.45) is 0 Å². The SMILES string of the molecule is CC(CCN1C(=O)c2ccccc2C1=O)Oc1cc2c(I)nn(C3CCCCO3)c2cn1. The number of halogens is 1. The summed E-state index contributed by atoms with van der Waals surface area (Å²) in [7, 11) is 0. The summed E-state index contributed by atoms with van der Waals surface area (Å²) in [5.41, 5.74) is 1.85. The van der Waals surface area contributed by atoms with Crippen LogP contribution in [0.15, 0.2) is 36.5 Å². The molecule has 0 N–H and O–H groups in total. The third kappa shape index (κ3) is 3.88. The summed E-state index contributed by atoms with van der Waals surface area (Å²) >= 11 is 2.22. The van der Waals surface area contributed by atoms with Gasteiger partial charge in [0.2, 0.25) is 5.88 Å². The molecule has 0 aliphatic carbocycles. The van der Waals surface area contributed by atoms with Crippen LogP contribution in [0.1, 0.15) is 59.6 Å². The van der Waals surface area contributed by atoms with Crippen LogP contribution < -0.4 is 4.74 Å². The highest BCUT2D eigenvalue weighted by atomic mass is 127. The average Bonchev–Trinajstić information content (AvgIpc) is 3.27. The molecular weight excluding hydrogens is 523 g/mol. The third-order valence-electron chi connectivity index (χ3n) is 5.91. The molecule has 1 aromatic carbocycles. The van der Waals surface area contributed by atoms with Gasteiger partial charge < -0.3 is 9.47 Å². The quantitative estimate of drug-likeness (QED) is 0.341. The second-order valence-electron chi connectivity index (χ2n) is 8.12. The number of imide groups is 1. The molecule has 166 valence electrons. The number of carbonyl (C=O) groups excluding carboxylic acids is 2. The van der Waals surface area contributed by atoms with E-state index < -0.39 is 0 Å². The fraction of sp³-hybridized carbons (Fsp3) is 0.391. The van der Waals surface area contributed by atoms with Crippen LogP contribution in [0.5, 0.6) is 5.88 Å². The van der Waals surface area contributed by atoms with Crippen molar-refractivity contribution in [1.82, 2.24) is 19.7 Å². The molecule has 0 bridgehead atoms. The van der Waals surface area contributed by atoms with Gasteiger partial charge in [0.15, 0.2) is 6.23 Å². The molecule has 32 heavy (non-hydrogen) atoms. The van der Waals surface area contributed by atoms with Crippen molar-refractivity contribution >= 4 is 45.3 Å². The van der Waals surface area contributed by atoms with E-state index in [0.717, 1.165) is 40.5 Å². The predicted molar refractivity (Wildman–Crippen MR) is 126 cm³/mol. The molecule has 0 radical (unpaired) electrons. The number of hydrogen-bond donors (Lipinski definition) is 0. The number of carbonyl (C=O) groups is 2. The molecule has 2 atom stereocenters. The molecule has 2 amide bonds. The van der Waals surface area contributed by atoms with Gasteiger partial charge in [-0.2, -0.15) is 5.10 Å². The summed E-state index contributed by atoms with van der Waals surface area (Å²) in [6.07, 6.45) is 5.16. The molecule has 0 saturated carbocycles. The highest BCUT2D eigenvalue weighted by Crippen LogP contribution is 2.30. The summed E-state index contributed by atoms with van der Waals surface area (Å²) in [6.45, 7) is 2.96. The van der Waals surface area contributed by atoms with Crippen molar-refractivity contribution in [2.75, 3.05) is 13.2 Å². The van der Waals surface area contributed by atoms with E-state index in [1.54, 1.807) is 30.5 Å². The summed E-state index contributed by atoms with van der Waals surface area (Å²) in [6, 6.07) is 8.81. The Labute approximate surface area is 199 Å². The first-order valence-corrected chi connectivity index (χ1v) is 11.9. The second kappa shape index (κ2) is 8.78. The van der Waals surface area contributed by atoms with Crippen LogP contribution in [-0.4, -0.2) is 50.7 Å². The molecule has 2 unspecified atom stereocenters. The zero-order chi connectivity index (χ0) is 22.2. The van der Waals surface area contributed by atoms with E-state index in [1.165, 1.54) is 4.90 Å². The number of ether oxygens (including phenoxy) is 2. The van der Waals surface area contributed by atoms with E-state index in [2.05, 4.69) is 32.7 Å². The standard InChI is InChI=1S/C23H23IN4O4/c1-14(9-10-27-22(29)15-6-2-3-7-16(15)23(27)30)32-19-12-17-18(13-25-19)28(26-21(17)24)20-8-4-5-11-31-20/h2-3,6-7,12-14,20H,4-5,8-11H2,1H3. The van der Waals surface area contributed by atoms with E-state index in [0.29, 0.717) is 30.0 Å². The number of fused-ring (bicyclic) bond motifs is 2. The second-order valence-corrected chi connectivity index (χ2v) is 9.14. The van der Waals surface area contributed by atoms with Gasteiger partial charge in [-0.05, 0) is 60.9 Å². The first-order chi connectivity index (χ1) is 15.5. The Hall–Kier alpha value is -2.53. The van der Waals surface area contributed by atoms with E-state index in [1.807, 2.05) is 17.7 Å². The van der Waals surface area contributed by atoms with E-state index >= 15 is 0 Å². The Balaban J connectivity index is 1.25. The van der Waals surface area contributed by atoms with Crippen LogP contribution in [0.2, 0.25) is 0 Å². The molecule has 8 nitrogen and oxygen atoms in total. The maximum Gasteiger partial charge on any atom is 0.261 e. The molecule has 2 aliphatic heterocycles. The van der Waals surface area contributed by atoms with Gasteiger partial charge in [0.25, 0.3) is 11.8 Å². The molecule has 3 aromatic rings. The topological polar surface area (TPSA) is 86.6 Å². The van der Waals surface area contributed by atoms with Gasteiger partial charge in [-0.25, -0.2) is 9.67 Å². The fourth-order valence-corrected chi connectivity index (χ4v) is 4.86. The molecule has 9 heteroatoms. The lowest BCUT2D eigenvalue weighted by atomic mass is 10.1. The van der Waals surface area contributed by atoms with Crippen LogP contribution in [0.25, 0.3) is 10.9 Å². The fourth-order valence-electron chi connectivity index (χ4n) is 4.20.